The summed E-state index contributed by atoms with van der Waals surface area (Å²) in [4.78, 5) is 29.3. The molecule has 0 saturated heterocycles. The van der Waals surface area contributed by atoms with Gasteiger partial charge in [0.05, 0.1) is 17.4 Å². The van der Waals surface area contributed by atoms with Crippen LogP contribution in [0.25, 0.3) is 11.1 Å². The van der Waals surface area contributed by atoms with Crippen molar-refractivity contribution in [2.45, 2.75) is 64.2 Å². The summed E-state index contributed by atoms with van der Waals surface area (Å²) in [5.74, 6) is -0.858. The average molecular weight is 505 g/mol. The van der Waals surface area contributed by atoms with Gasteiger partial charge in [0.1, 0.15) is 0 Å². The Kier molecular flexibility index (Phi) is 8.42. The molecule has 0 aliphatic heterocycles. The largest absolute Gasteiger partial charge is 0.481 e. The van der Waals surface area contributed by atoms with Crippen LogP contribution in [0.3, 0.4) is 0 Å². The predicted molar refractivity (Wildman–Crippen MR) is 144 cm³/mol. The summed E-state index contributed by atoms with van der Waals surface area (Å²) in [6, 6.07) is 15.8. The smallest absolute Gasteiger partial charge is 0.303 e. The van der Waals surface area contributed by atoms with Crippen molar-refractivity contribution in [3.63, 3.8) is 0 Å². The van der Waals surface area contributed by atoms with E-state index >= 15 is 0 Å². The molecule has 1 saturated carbocycles. The standard InChI is InChI=1S/C30H33ClN2O3/c1-3-20(16-28(34)35)26-9-6-10-27(19(26)2)33-30(36)29(22-7-4-5-8-22)23-13-11-21(12-14-23)24-15-25(31)18-32-17-24/h6,9-15,17-18,20,22,29H,3-5,7-8,16H2,1-2H3,(H,33,36)(H,34,35)/t20-,29-/m1/s1. The molecule has 36 heavy (non-hydrogen) atoms. The minimum Gasteiger partial charge on any atom is -0.481 e. The Bertz CT molecular complexity index is 1220. The first-order valence-corrected chi connectivity index (χ1v) is 13.1. The monoisotopic (exact) mass is 504 g/mol. The number of nitrogens with zero attached hydrogens (tertiary/aromatic N) is 1. The van der Waals surface area contributed by atoms with E-state index in [-0.39, 0.29) is 24.2 Å². The second kappa shape index (κ2) is 11.7. The third-order valence-corrected chi connectivity index (χ3v) is 7.66. The molecule has 5 nitrogen and oxygen atoms in total. The number of carboxylic acids is 1. The van der Waals surface area contributed by atoms with Crippen molar-refractivity contribution in [3.05, 3.63) is 82.6 Å². The molecule has 0 radical (unpaired) electrons. The van der Waals surface area contributed by atoms with Gasteiger partial charge in [0.25, 0.3) is 0 Å². The summed E-state index contributed by atoms with van der Waals surface area (Å²) in [5.41, 5.74) is 5.62. The first-order valence-electron chi connectivity index (χ1n) is 12.7. The topological polar surface area (TPSA) is 79.3 Å². The van der Waals surface area contributed by atoms with Gasteiger partial charge in [0, 0.05) is 23.6 Å². The Balaban J connectivity index is 1.60. The fraction of sp³-hybridized carbons (Fsp3) is 0.367. The molecule has 0 spiro atoms. The van der Waals surface area contributed by atoms with E-state index in [1.54, 1.807) is 12.4 Å². The van der Waals surface area contributed by atoms with Crippen molar-refractivity contribution in [2.24, 2.45) is 5.92 Å². The average Bonchev–Trinajstić information content (AvgIpc) is 3.39. The van der Waals surface area contributed by atoms with Gasteiger partial charge in [0.2, 0.25) is 5.91 Å². The molecule has 0 unspecified atom stereocenters. The molecule has 1 aliphatic rings. The summed E-state index contributed by atoms with van der Waals surface area (Å²) in [6.45, 7) is 3.96. The van der Waals surface area contributed by atoms with Crippen LogP contribution in [0.15, 0.2) is 60.9 Å². The van der Waals surface area contributed by atoms with E-state index in [4.69, 9.17) is 11.6 Å². The van der Waals surface area contributed by atoms with Crippen LogP contribution in [0.4, 0.5) is 5.69 Å². The molecule has 2 atom stereocenters. The Morgan fingerprint density at radius 2 is 1.81 bits per heavy atom. The van der Waals surface area contributed by atoms with Crippen molar-refractivity contribution >= 4 is 29.2 Å². The van der Waals surface area contributed by atoms with Gasteiger partial charge in [-0.1, -0.05) is 67.8 Å². The van der Waals surface area contributed by atoms with Gasteiger partial charge in [-0.25, -0.2) is 0 Å². The SMILES string of the molecule is CC[C@H](CC(=O)O)c1cccc(NC(=O)[C@@H](c2ccc(-c3cncc(Cl)c3)cc2)C2CCCC2)c1C. The van der Waals surface area contributed by atoms with Crippen LogP contribution in [-0.2, 0) is 9.59 Å². The molecular weight excluding hydrogens is 472 g/mol. The molecule has 6 heteroatoms. The summed E-state index contributed by atoms with van der Waals surface area (Å²) >= 11 is 6.11. The molecule has 1 aliphatic carbocycles. The number of hydrogen-bond acceptors (Lipinski definition) is 3. The normalized spacial score (nSPS) is 15.4. The summed E-state index contributed by atoms with van der Waals surface area (Å²) in [7, 11) is 0. The lowest BCUT2D eigenvalue weighted by molar-refractivity contribution is -0.137. The maximum atomic E-state index is 13.7. The van der Waals surface area contributed by atoms with Crippen LogP contribution in [0, 0.1) is 12.8 Å². The molecule has 1 amide bonds. The second-order valence-corrected chi connectivity index (χ2v) is 10.2. The number of nitrogens with one attached hydrogen (secondary N) is 1. The molecule has 1 fully saturated rings. The van der Waals surface area contributed by atoms with E-state index in [1.807, 2.05) is 62.4 Å². The van der Waals surface area contributed by atoms with Crippen molar-refractivity contribution in [2.75, 3.05) is 5.32 Å². The fourth-order valence-corrected chi connectivity index (χ4v) is 5.68. The van der Waals surface area contributed by atoms with Crippen LogP contribution in [0.2, 0.25) is 5.02 Å². The van der Waals surface area contributed by atoms with Crippen LogP contribution in [-0.4, -0.2) is 22.0 Å². The van der Waals surface area contributed by atoms with E-state index in [0.717, 1.165) is 65.6 Å². The molecule has 0 bridgehead atoms. The Labute approximate surface area is 217 Å². The number of pyridine rings is 1. The molecule has 2 N–H and O–H groups in total. The Morgan fingerprint density at radius 3 is 2.44 bits per heavy atom. The summed E-state index contributed by atoms with van der Waals surface area (Å²) < 4.78 is 0. The van der Waals surface area contributed by atoms with E-state index in [1.165, 1.54) is 0 Å². The highest BCUT2D eigenvalue weighted by Gasteiger charge is 2.32. The molecule has 1 aromatic heterocycles. The summed E-state index contributed by atoms with van der Waals surface area (Å²) in [5, 5.41) is 13.1. The number of amides is 1. The molecular formula is C30H33ClN2O3. The first kappa shape index (κ1) is 25.9. The zero-order valence-corrected chi connectivity index (χ0v) is 21.6. The third kappa shape index (κ3) is 5.96. The zero-order chi connectivity index (χ0) is 25.7. The lowest BCUT2D eigenvalue weighted by atomic mass is 9.83. The number of carbonyl (C=O) groups excluding carboxylic acids is 1. The van der Waals surface area contributed by atoms with Crippen LogP contribution >= 0.6 is 11.6 Å². The van der Waals surface area contributed by atoms with E-state index in [0.29, 0.717) is 10.9 Å². The maximum absolute atomic E-state index is 13.7. The Morgan fingerprint density at radius 1 is 1.08 bits per heavy atom. The van der Waals surface area contributed by atoms with Crippen molar-refractivity contribution in [1.29, 1.82) is 0 Å². The van der Waals surface area contributed by atoms with Crippen molar-refractivity contribution in [1.82, 2.24) is 4.98 Å². The van der Waals surface area contributed by atoms with E-state index < -0.39 is 5.97 Å². The maximum Gasteiger partial charge on any atom is 0.303 e. The number of carboxylic acid groups (broad SMARTS) is 1. The first-order chi connectivity index (χ1) is 17.4. The highest BCUT2D eigenvalue weighted by molar-refractivity contribution is 6.30. The highest BCUT2D eigenvalue weighted by atomic mass is 35.5. The number of aromatic nitrogens is 1. The van der Waals surface area contributed by atoms with Gasteiger partial charge in [-0.2, -0.15) is 0 Å². The number of halogens is 1. The van der Waals surface area contributed by atoms with Gasteiger partial charge < -0.3 is 10.4 Å². The van der Waals surface area contributed by atoms with Gasteiger partial charge >= 0.3 is 5.97 Å². The van der Waals surface area contributed by atoms with Gasteiger partial charge in [0.15, 0.2) is 0 Å². The van der Waals surface area contributed by atoms with Gasteiger partial charge in [-0.3, -0.25) is 14.6 Å². The number of carbonyl (C=O) groups is 2. The quantitative estimate of drug-likeness (QED) is 0.314. The highest BCUT2D eigenvalue weighted by Crippen LogP contribution is 2.39. The number of benzene rings is 2. The molecule has 2 aromatic carbocycles. The molecule has 1 heterocycles. The number of aliphatic carboxylic acids is 1. The molecule has 3 aromatic rings. The molecule has 188 valence electrons. The van der Waals surface area contributed by atoms with Crippen LogP contribution in [0.1, 0.15) is 74.0 Å². The fourth-order valence-electron chi connectivity index (χ4n) is 5.51. The van der Waals surface area contributed by atoms with Crippen LogP contribution < -0.4 is 5.32 Å². The molecule has 4 rings (SSSR count). The van der Waals surface area contributed by atoms with E-state index in [2.05, 4.69) is 10.3 Å². The van der Waals surface area contributed by atoms with Gasteiger partial charge in [-0.15, -0.1) is 0 Å². The predicted octanol–water partition coefficient (Wildman–Crippen LogP) is 7.59. The van der Waals surface area contributed by atoms with Crippen molar-refractivity contribution in [3.8, 4) is 11.1 Å². The number of rotatable bonds is 9. The lowest BCUT2D eigenvalue weighted by Crippen LogP contribution is -2.27. The third-order valence-electron chi connectivity index (χ3n) is 7.45. The van der Waals surface area contributed by atoms with Crippen molar-refractivity contribution < 1.29 is 14.7 Å². The van der Waals surface area contributed by atoms with Gasteiger partial charge in [-0.05, 0) is 72.4 Å². The minimum atomic E-state index is -0.811. The van der Waals surface area contributed by atoms with E-state index in [9.17, 15) is 14.7 Å². The number of anilines is 1. The second-order valence-electron chi connectivity index (χ2n) is 9.75. The Hall–Kier alpha value is -3.18. The lowest BCUT2D eigenvalue weighted by Gasteiger charge is -2.25. The number of hydrogen-bond donors (Lipinski definition) is 2. The summed E-state index contributed by atoms with van der Waals surface area (Å²) in [6.07, 6.45) is 8.55. The minimum absolute atomic E-state index is 0.00870. The van der Waals surface area contributed by atoms with Crippen LogP contribution in [0.5, 0.6) is 0 Å². The zero-order valence-electron chi connectivity index (χ0n) is 20.8.